The van der Waals surface area contributed by atoms with Gasteiger partial charge in [0.2, 0.25) is 5.91 Å². The number of tetrazole rings is 1. The number of nitrogens with zero attached hydrogens (tertiary/aromatic N) is 4. The number of carbonyl (C=O) groups is 2. The minimum absolute atomic E-state index is 0.106. The number of benzene rings is 1. The summed E-state index contributed by atoms with van der Waals surface area (Å²) in [6, 6.07) is 7.85. The summed E-state index contributed by atoms with van der Waals surface area (Å²) in [4.78, 5) is 24.9. The van der Waals surface area contributed by atoms with Gasteiger partial charge in [-0.25, -0.2) is 4.68 Å². The number of hydrogen-bond acceptors (Lipinski definition) is 6. The third-order valence-electron chi connectivity index (χ3n) is 4.04. The highest BCUT2D eigenvalue weighted by Gasteiger charge is 2.25. The summed E-state index contributed by atoms with van der Waals surface area (Å²) in [5, 5.41) is 16.6. The molecular weight excluding hydrogens is 348 g/mol. The molecule has 0 spiro atoms. The lowest BCUT2D eigenvalue weighted by Gasteiger charge is -2.21. The first kappa shape index (κ1) is 18.3. The predicted octanol–water partition coefficient (Wildman–Crippen LogP) is 1.96. The van der Waals surface area contributed by atoms with Gasteiger partial charge in [-0.2, -0.15) is 0 Å². The molecular formula is C18H20N6O3. The minimum atomic E-state index is -0.706. The molecule has 2 heterocycles. The van der Waals surface area contributed by atoms with E-state index in [1.807, 2.05) is 32.9 Å². The van der Waals surface area contributed by atoms with Crippen molar-refractivity contribution in [1.82, 2.24) is 25.5 Å². The van der Waals surface area contributed by atoms with E-state index in [9.17, 15) is 9.59 Å². The van der Waals surface area contributed by atoms with Crippen LogP contribution < -0.4 is 10.6 Å². The number of hydrogen-bond donors (Lipinski definition) is 2. The van der Waals surface area contributed by atoms with Crippen LogP contribution in [0.4, 0.5) is 5.69 Å². The monoisotopic (exact) mass is 368 g/mol. The molecule has 9 nitrogen and oxygen atoms in total. The zero-order valence-corrected chi connectivity index (χ0v) is 15.2. The molecule has 27 heavy (non-hydrogen) atoms. The summed E-state index contributed by atoms with van der Waals surface area (Å²) in [6.45, 7) is 5.61. The molecule has 3 rings (SSSR count). The van der Waals surface area contributed by atoms with Crippen LogP contribution in [0.1, 0.15) is 30.0 Å². The zero-order chi connectivity index (χ0) is 19.4. The summed E-state index contributed by atoms with van der Waals surface area (Å²) in [5.41, 5.74) is 2.32. The first-order chi connectivity index (χ1) is 13.0. The number of carbonyl (C=O) groups excluding carboxylic acids is 2. The second-order valence-corrected chi connectivity index (χ2v) is 6.42. The van der Waals surface area contributed by atoms with E-state index in [0.717, 1.165) is 11.3 Å². The van der Waals surface area contributed by atoms with Gasteiger partial charge in [0.05, 0.1) is 12.0 Å². The van der Waals surface area contributed by atoms with E-state index in [1.165, 1.54) is 12.6 Å². The first-order valence-electron chi connectivity index (χ1n) is 8.45. The summed E-state index contributed by atoms with van der Waals surface area (Å²) < 4.78 is 6.62. The number of aromatic nitrogens is 4. The van der Waals surface area contributed by atoms with Gasteiger partial charge in [0, 0.05) is 5.69 Å². The van der Waals surface area contributed by atoms with Crippen molar-refractivity contribution in [1.29, 1.82) is 0 Å². The molecule has 0 radical (unpaired) electrons. The van der Waals surface area contributed by atoms with E-state index in [2.05, 4.69) is 26.2 Å². The van der Waals surface area contributed by atoms with Crippen molar-refractivity contribution < 1.29 is 14.0 Å². The van der Waals surface area contributed by atoms with Crippen LogP contribution in [0.25, 0.3) is 5.69 Å². The third-order valence-corrected chi connectivity index (χ3v) is 4.04. The lowest BCUT2D eigenvalue weighted by atomic mass is 10.0. The van der Waals surface area contributed by atoms with Crippen molar-refractivity contribution in [3.8, 4) is 5.69 Å². The smallest absolute Gasteiger partial charge is 0.287 e. The molecule has 0 aliphatic rings. The average molecular weight is 368 g/mol. The van der Waals surface area contributed by atoms with Crippen LogP contribution in [0, 0.1) is 12.8 Å². The lowest BCUT2D eigenvalue weighted by molar-refractivity contribution is -0.118. The summed E-state index contributed by atoms with van der Waals surface area (Å²) in [7, 11) is 0. The zero-order valence-electron chi connectivity index (χ0n) is 15.2. The Bertz CT molecular complexity index is 919. The van der Waals surface area contributed by atoms with Crippen molar-refractivity contribution in [2.24, 2.45) is 5.92 Å². The van der Waals surface area contributed by atoms with E-state index < -0.39 is 11.9 Å². The molecule has 0 saturated heterocycles. The minimum Gasteiger partial charge on any atom is -0.459 e. The van der Waals surface area contributed by atoms with Crippen LogP contribution >= 0.6 is 0 Å². The molecule has 0 aliphatic heterocycles. The average Bonchev–Trinajstić information content (AvgIpc) is 3.32. The standard InChI is InChI=1S/C18H20N6O3/c1-11(2)16(21-17(25)15-5-4-8-27-15)18(26)20-13-6-7-14(12(3)9-13)24-10-19-22-23-24/h4-11,16H,1-3H3,(H,20,26)(H,21,25). The van der Waals surface area contributed by atoms with Crippen molar-refractivity contribution in [2.45, 2.75) is 26.8 Å². The maximum Gasteiger partial charge on any atom is 0.287 e. The highest BCUT2D eigenvalue weighted by atomic mass is 16.3. The van der Waals surface area contributed by atoms with Crippen LogP contribution in [0.3, 0.4) is 0 Å². The molecule has 0 aliphatic carbocycles. The van der Waals surface area contributed by atoms with Crippen molar-refractivity contribution >= 4 is 17.5 Å². The third kappa shape index (κ3) is 4.20. The molecule has 9 heteroatoms. The Morgan fingerprint density at radius 1 is 1.22 bits per heavy atom. The van der Waals surface area contributed by atoms with Gasteiger partial charge >= 0.3 is 0 Å². The van der Waals surface area contributed by atoms with Gasteiger partial charge in [0.1, 0.15) is 12.4 Å². The van der Waals surface area contributed by atoms with E-state index in [1.54, 1.807) is 22.9 Å². The van der Waals surface area contributed by atoms with E-state index in [0.29, 0.717) is 5.69 Å². The molecule has 3 aromatic rings. The Morgan fingerprint density at radius 3 is 2.63 bits per heavy atom. The van der Waals surface area contributed by atoms with E-state index in [-0.39, 0.29) is 17.6 Å². The molecule has 1 aromatic carbocycles. The number of nitrogens with one attached hydrogen (secondary N) is 2. The van der Waals surface area contributed by atoms with Crippen LogP contribution in [-0.4, -0.2) is 38.1 Å². The molecule has 0 fully saturated rings. The maximum atomic E-state index is 12.7. The summed E-state index contributed by atoms with van der Waals surface area (Å²) in [6.07, 6.45) is 2.91. The fraction of sp³-hybridized carbons (Fsp3) is 0.278. The van der Waals surface area contributed by atoms with Gasteiger partial charge in [0.25, 0.3) is 5.91 Å². The van der Waals surface area contributed by atoms with Crippen molar-refractivity contribution in [3.05, 3.63) is 54.2 Å². The lowest BCUT2D eigenvalue weighted by Crippen LogP contribution is -2.47. The van der Waals surface area contributed by atoms with Crippen LogP contribution in [0.2, 0.25) is 0 Å². The Morgan fingerprint density at radius 2 is 2.04 bits per heavy atom. The quantitative estimate of drug-likeness (QED) is 0.687. The van der Waals surface area contributed by atoms with Crippen LogP contribution in [0.15, 0.2) is 47.3 Å². The second kappa shape index (κ2) is 7.81. The molecule has 2 aromatic heterocycles. The fourth-order valence-electron chi connectivity index (χ4n) is 2.64. The number of rotatable bonds is 6. The SMILES string of the molecule is Cc1cc(NC(=O)C(NC(=O)c2ccco2)C(C)C)ccc1-n1cnnn1. The molecule has 140 valence electrons. The normalized spacial score (nSPS) is 12.0. The molecule has 1 unspecified atom stereocenters. The molecule has 1 atom stereocenters. The van der Waals surface area contributed by atoms with Gasteiger partial charge in [-0.15, -0.1) is 5.10 Å². The second-order valence-electron chi connectivity index (χ2n) is 6.42. The molecule has 2 N–H and O–H groups in total. The molecule has 0 saturated carbocycles. The number of anilines is 1. The maximum absolute atomic E-state index is 12.7. The number of amides is 2. The van der Waals surface area contributed by atoms with E-state index in [4.69, 9.17) is 4.42 Å². The van der Waals surface area contributed by atoms with Gasteiger partial charge < -0.3 is 15.1 Å². The van der Waals surface area contributed by atoms with Crippen LogP contribution in [-0.2, 0) is 4.79 Å². The molecule has 0 bridgehead atoms. The summed E-state index contributed by atoms with van der Waals surface area (Å²) in [5.74, 6) is -0.681. The van der Waals surface area contributed by atoms with Gasteiger partial charge in [-0.1, -0.05) is 13.8 Å². The Labute approximate surface area is 155 Å². The van der Waals surface area contributed by atoms with Crippen molar-refractivity contribution in [2.75, 3.05) is 5.32 Å². The number of aryl methyl sites for hydroxylation is 1. The van der Waals surface area contributed by atoms with Gasteiger partial charge in [-0.05, 0) is 59.2 Å². The fourth-order valence-corrected chi connectivity index (χ4v) is 2.64. The Kier molecular flexibility index (Phi) is 5.30. The summed E-state index contributed by atoms with van der Waals surface area (Å²) >= 11 is 0. The Hall–Kier alpha value is -3.49. The van der Waals surface area contributed by atoms with Gasteiger partial charge in [0.15, 0.2) is 5.76 Å². The number of furan rings is 1. The highest BCUT2D eigenvalue weighted by Crippen LogP contribution is 2.18. The van der Waals surface area contributed by atoms with Gasteiger partial charge in [-0.3, -0.25) is 9.59 Å². The molecule has 2 amide bonds. The Balaban J connectivity index is 1.72. The first-order valence-corrected chi connectivity index (χ1v) is 8.45. The van der Waals surface area contributed by atoms with Crippen LogP contribution in [0.5, 0.6) is 0 Å². The van der Waals surface area contributed by atoms with Crippen molar-refractivity contribution in [3.63, 3.8) is 0 Å². The highest BCUT2D eigenvalue weighted by molar-refractivity contribution is 6.00. The largest absolute Gasteiger partial charge is 0.459 e. The topological polar surface area (TPSA) is 115 Å². The van der Waals surface area contributed by atoms with E-state index >= 15 is 0 Å². The predicted molar refractivity (Wildman–Crippen MR) is 97.3 cm³/mol.